The van der Waals surface area contributed by atoms with Gasteiger partial charge in [0.05, 0.1) is 0 Å². The lowest BCUT2D eigenvalue weighted by atomic mass is 9.82. The highest BCUT2D eigenvalue weighted by atomic mass is 16.6. The first-order valence-electron chi connectivity index (χ1n) is 5.55. The molecule has 0 radical (unpaired) electrons. The second-order valence-electron chi connectivity index (χ2n) is 4.41. The van der Waals surface area contributed by atoms with Gasteiger partial charge in [0.1, 0.15) is 6.29 Å². The fourth-order valence-electron chi connectivity index (χ4n) is 1.80. The number of carbonyl (C=O) groups is 3. The van der Waals surface area contributed by atoms with Crippen LogP contribution < -0.4 is 0 Å². The zero-order valence-corrected chi connectivity index (χ0v) is 10.4. The molecule has 0 saturated heterocycles. The molecule has 0 N–H and O–H groups in total. The van der Waals surface area contributed by atoms with E-state index in [4.69, 9.17) is 0 Å². The average molecular weight is 228 g/mol. The summed E-state index contributed by atoms with van der Waals surface area (Å²) >= 11 is 0. The van der Waals surface area contributed by atoms with Crippen molar-refractivity contribution >= 4 is 18.2 Å². The number of aldehydes is 1. The first-order chi connectivity index (χ1) is 7.38. The van der Waals surface area contributed by atoms with E-state index in [0.29, 0.717) is 12.3 Å². The van der Waals surface area contributed by atoms with Gasteiger partial charge >= 0.3 is 11.9 Å². The Morgan fingerprint density at radius 1 is 1.25 bits per heavy atom. The standard InChI is InChI=1S/C12H20O4/c1-8(2)11(9(3)7-13)5-6-12(15)16-10(4)14/h7-9,11H,5-6H2,1-4H3. The molecule has 0 aliphatic carbocycles. The molecule has 0 bridgehead atoms. The van der Waals surface area contributed by atoms with Crippen molar-refractivity contribution in [1.29, 1.82) is 0 Å². The van der Waals surface area contributed by atoms with Crippen LogP contribution in [0.1, 0.15) is 40.5 Å². The molecule has 0 aliphatic rings. The first kappa shape index (κ1) is 14.8. The second kappa shape index (κ2) is 7.14. The Hall–Kier alpha value is -1.19. The summed E-state index contributed by atoms with van der Waals surface area (Å²) in [5, 5.41) is 0. The lowest BCUT2D eigenvalue weighted by Crippen LogP contribution is -2.21. The maximum atomic E-state index is 11.2. The van der Waals surface area contributed by atoms with Crippen molar-refractivity contribution in [1.82, 2.24) is 0 Å². The van der Waals surface area contributed by atoms with Crippen molar-refractivity contribution in [3.63, 3.8) is 0 Å². The van der Waals surface area contributed by atoms with Crippen molar-refractivity contribution in [3.05, 3.63) is 0 Å². The molecule has 4 heteroatoms. The van der Waals surface area contributed by atoms with Gasteiger partial charge in [-0.05, 0) is 18.3 Å². The highest BCUT2D eigenvalue weighted by Crippen LogP contribution is 2.24. The number of esters is 2. The normalized spacial score (nSPS) is 14.3. The number of hydrogen-bond donors (Lipinski definition) is 0. The molecule has 0 saturated carbocycles. The molecular weight excluding hydrogens is 208 g/mol. The van der Waals surface area contributed by atoms with Crippen molar-refractivity contribution in [2.45, 2.75) is 40.5 Å². The van der Waals surface area contributed by atoms with Gasteiger partial charge in [0, 0.05) is 19.3 Å². The summed E-state index contributed by atoms with van der Waals surface area (Å²) in [5.41, 5.74) is 0. The van der Waals surface area contributed by atoms with Gasteiger partial charge in [-0.2, -0.15) is 0 Å². The molecular formula is C12H20O4. The third kappa shape index (κ3) is 5.63. The van der Waals surface area contributed by atoms with Gasteiger partial charge in [-0.25, -0.2) is 0 Å². The maximum Gasteiger partial charge on any atom is 0.313 e. The van der Waals surface area contributed by atoms with E-state index >= 15 is 0 Å². The minimum absolute atomic E-state index is 0.0786. The zero-order valence-electron chi connectivity index (χ0n) is 10.4. The summed E-state index contributed by atoms with van der Waals surface area (Å²) in [6.45, 7) is 7.07. The fourth-order valence-corrected chi connectivity index (χ4v) is 1.80. The third-order valence-electron chi connectivity index (χ3n) is 2.69. The van der Waals surface area contributed by atoms with Crippen LogP contribution in [0.25, 0.3) is 0 Å². The largest absolute Gasteiger partial charge is 0.393 e. The Labute approximate surface area is 96.4 Å². The van der Waals surface area contributed by atoms with Crippen LogP contribution in [0, 0.1) is 17.8 Å². The molecule has 2 atom stereocenters. The van der Waals surface area contributed by atoms with Crippen molar-refractivity contribution in [2.24, 2.45) is 17.8 Å². The molecule has 92 valence electrons. The molecule has 0 amide bonds. The van der Waals surface area contributed by atoms with Crippen LogP contribution in [-0.4, -0.2) is 18.2 Å². The van der Waals surface area contributed by atoms with E-state index in [1.165, 1.54) is 6.92 Å². The van der Waals surface area contributed by atoms with E-state index in [-0.39, 0.29) is 18.3 Å². The topological polar surface area (TPSA) is 60.4 Å². The Morgan fingerprint density at radius 3 is 2.19 bits per heavy atom. The highest BCUT2D eigenvalue weighted by Gasteiger charge is 2.21. The summed E-state index contributed by atoms with van der Waals surface area (Å²) in [4.78, 5) is 32.4. The number of ether oxygens (including phenoxy) is 1. The quantitative estimate of drug-likeness (QED) is 0.396. The van der Waals surface area contributed by atoms with Gasteiger partial charge in [0.2, 0.25) is 0 Å². The lowest BCUT2D eigenvalue weighted by Gasteiger charge is -2.23. The molecule has 16 heavy (non-hydrogen) atoms. The number of carbonyl (C=O) groups excluding carboxylic acids is 3. The van der Waals surface area contributed by atoms with Crippen LogP contribution in [-0.2, 0) is 19.1 Å². The summed E-state index contributed by atoms with van der Waals surface area (Å²) in [5.74, 6) is -0.710. The van der Waals surface area contributed by atoms with Crippen LogP contribution in [0.15, 0.2) is 0 Å². The molecule has 0 fully saturated rings. The molecule has 0 aromatic carbocycles. The lowest BCUT2D eigenvalue weighted by molar-refractivity contribution is -0.158. The average Bonchev–Trinajstić information content (AvgIpc) is 2.15. The molecule has 0 aliphatic heterocycles. The van der Waals surface area contributed by atoms with Gasteiger partial charge in [-0.3, -0.25) is 9.59 Å². The monoisotopic (exact) mass is 228 g/mol. The zero-order chi connectivity index (χ0) is 12.7. The van der Waals surface area contributed by atoms with Crippen LogP contribution in [0.3, 0.4) is 0 Å². The summed E-state index contributed by atoms with van der Waals surface area (Å²) in [6, 6.07) is 0. The van der Waals surface area contributed by atoms with E-state index in [2.05, 4.69) is 4.74 Å². The highest BCUT2D eigenvalue weighted by molar-refractivity contribution is 5.84. The third-order valence-corrected chi connectivity index (χ3v) is 2.69. The number of hydrogen-bond acceptors (Lipinski definition) is 4. The molecule has 0 rings (SSSR count). The van der Waals surface area contributed by atoms with E-state index < -0.39 is 11.9 Å². The minimum Gasteiger partial charge on any atom is -0.393 e. The Morgan fingerprint density at radius 2 is 1.81 bits per heavy atom. The first-order valence-corrected chi connectivity index (χ1v) is 5.55. The van der Waals surface area contributed by atoms with Crippen molar-refractivity contribution in [3.8, 4) is 0 Å². The maximum absolute atomic E-state index is 11.2. The predicted molar refractivity (Wildman–Crippen MR) is 59.6 cm³/mol. The van der Waals surface area contributed by atoms with E-state index in [0.717, 1.165) is 6.29 Å². The van der Waals surface area contributed by atoms with Gasteiger partial charge in [0.15, 0.2) is 0 Å². The molecule has 2 unspecified atom stereocenters. The van der Waals surface area contributed by atoms with Gasteiger partial charge in [-0.15, -0.1) is 0 Å². The molecule has 0 aromatic rings. The summed E-state index contributed by atoms with van der Waals surface area (Å²) < 4.78 is 4.43. The van der Waals surface area contributed by atoms with Crippen LogP contribution in [0.2, 0.25) is 0 Å². The van der Waals surface area contributed by atoms with E-state index in [9.17, 15) is 14.4 Å². The van der Waals surface area contributed by atoms with E-state index in [1.807, 2.05) is 20.8 Å². The fraction of sp³-hybridized carbons (Fsp3) is 0.750. The second-order valence-corrected chi connectivity index (χ2v) is 4.41. The Balaban J connectivity index is 4.17. The predicted octanol–water partition coefficient (Wildman–Crippen LogP) is 1.96. The Bertz CT molecular complexity index is 258. The molecule has 0 spiro atoms. The molecule has 0 aromatic heterocycles. The van der Waals surface area contributed by atoms with Crippen molar-refractivity contribution in [2.75, 3.05) is 0 Å². The summed E-state index contributed by atoms with van der Waals surface area (Å²) in [6.07, 6.45) is 1.66. The molecule has 4 nitrogen and oxygen atoms in total. The van der Waals surface area contributed by atoms with Crippen LogP contribution in [0.4, 0.5) is 0 Å². The van der Waals surface area contributed by atoms with Gasteiger partial charge in [0.25, 0.3) is 0 Å². The SMILES string of the molecule is CC(=O)OC(=O)CCC(C(C)C)C(C)C=O. The van der Waals surface area contributed by atoms with Gasteiger partial charge < -0.3 is 9.53 Å². The van der Waals surface area contributed by atoms with E-state index in [1.54, 1.807) is 0 Å². The Kier molecular flexibility index (Phi) is 6.61. The number of rotatable bonds is 6. The van der Waals surface area contributed by atoms with Crippen LogP contribution in [0.5, 0.6) is 0 Å². The minimum atomic E-state index is -0.588. The van der Waals surface area contributed by atoms with Crippen molar-refractivity contribution < 1.29 is 19.1 Å². The summed E-state index contributed by atoms with van der Waals surface area (Å²) in [7, 11) is 0. The van der Waals surface area contributed by atoms with Gasteiger partial charge in [-0.1, -0.05) is 20.8 Å². The molecule has 0 heterocycles. The smallest absolute Gasteiger partial charge is 0.313 e. The van der Waals surface area contributed by atoms with Crippen LogP contribution >= 0.6 is 0 Å².